The minimum absolute atomic E-state index is 0.104. The van der Waals surface area contributed by atoms with Crippen molar-refractivity contribution in [3.63, 3.8) is 0 Å². The molecule has 0 unspecified atom stereocenters. The van der Waals surface area contributed by atoms with Crippen molar-refractivity contribution in [1.29, 1.82) is 0 Å². The lowest BCUT2D eigenvalue weighted by Crippen LogP contribution is -2.28. The van der Waals surface area contributed by atoms with Crippen molar-refractivity contribution in [2.24, 2.45) is 0 Å². The third-order valence-electron chi connectivity index (χ3n) is 6.63. The first-order valence-corrected chi connectivity index (χ1v) is 13.0. The van der Waals surface area contributed by atoms with Gasteiger partial charge in [0, 0.05) is 29.9 Å². The van der Waals surface area contributed by atoms with E-state index in [-0.39, 0.29) is 11.6 Å². The first-order valence-electron chi connectivity index (χ1n) is 12.6. The molecule has 0 aliphatic carbocycles. The van der Waals surface area contributed by atoms with Crippen LogP contribution in [0.15, 0.2) is 53.6 Å². The number of aromatic nitrogens is 4. The van der Waals surface area contributed by atoms with E-state index in [1.165, 1.54) is 0 Å². The lowest BCUT2D eigenvalue weighted by molar-refractivity contribution is 0.295. The van der Waals surface area contributed by atoms with E-state index in [9.17, 15) is 4.79 Å². The summed E-state index contributed by atoms with van der Waals surface area (Å²) in [7, 11) is 0. The molecule has 0 saturated carbocycles. The molecule has 3 aromatic heterocycles. The van der Waals surface area contributed by atoms with Gasteiger partial charge in [-0.1, -0.05) is 77.4 Å². The molecule has 0 atom stereocenters. The average molecular weight is 504 g/mol. The van der Waals surface area contributed by atoms with Crippen LogP contribution < -0.4 is 5.69 Å². The van der Waals surface area contributed by atoms with Gasteiger partial charge in [0.15, 0.2) is 5.65 Å². The quantitative estimate of drug-likeness (QED) is 0.271. The highest BCUT2D eigenvalue weighted by molar-refractivity contribution is 6.33. The Bertz CT molecular complexity index is 1440. The van der Waals surface area contributed by atoms with E-state index in [0.29, 0.717) is 34.2 Å². The predicted octanol–water partition coefficient (Wildman–Crippen LogP) is 6.58. The maximum Gasteiger partial charge on any atom is 0.353 e. The van der Waals surface area contributed by atoms with E-state index in [2.05, 4.69) is 57.5 Å². The Balaban J connectivity index is 2.07. The summed E-state index contributed by atoms with van der Waals surface area (Å²) in [5.41, 5.74) is 5.56. The molecule has 4 rings (SSSR count). The molecule has 0 N–H and O–H groups in total. The van der Waals surface area contributed by atoms with E-state index in [4.69, 9.17) is 21.6 Å². The Hall–Kier alpha value is -3.09. The number of hydrogen-bond acceptors (Lipinski definition) is 5. The molecule has 4 aromatic rings. The smallest absolute Gasteiger partial charge is 0.300 e. The van der Waals surface area contributed by atoms with Gasteiger partial charge in [-0.25, -0.2) is 19.3 Å². The van der Waals surface area contributed by atoms with Crippen molar-refractivity contribution in [2.45, 2.75) is 59.9 Å². The molecule has 0 radical (unpaired) electrons. The summed E-state index contributed by atoms with van der Waals surface area (Å²) in [6.45, 7) is 15.3. The number of nitrogens with zero attached hydrogens (tertiary/aromatic N) is 5. The molecule has 36 heavy (non-hydrogen) atoms. The van der Waals surface area contributed by atoms with Crippen LogP contribution in [0.1, 0.15) is 70.2 Å². The highest BCUT2D eigenvalue weighted by atomic mass is 35.5. The number of hydrogen-bond donors (Lipinski definition) is 0. The van der Waals surface area contributed by atoms with E-state index >= 15 is 0 Å². The second-order valence-corrected chi connectivity index (χ2v) is 10.1. The van der Waals surface area contributed by atoms with E-state index in [1.807, 2.05) is 36.5 Å². The molecular formula is C29H34ClN5O. The van der Waals surface area contributed by atoms with Gasteiger partial charge in [-0.2, -0.15) is 0 Å². The van der Waals surface area contributed by atoms with E-state index < -0.39 is 0 Å². The second kappa shape index (κ2) is 10.9. The van der Waals surface area contributed by atoms with Crippen LogP contribution in [0.25, 0.3) is 28.0 Å². The van der Waals surface area contributed by atoms with Crippen LogP contribution in [0.2, 0.25) is 5.02 Å². The van der Waals surface area contributed by atoms with Crippen LogP contribution in [0.5, 0.6) is 0 Å². The number of halogens is 1. The van der Waals surface area contributed by atoms with Crippen molar-refractivity contribution < 1.29 is 0 Å². The summed E-state index contributed by atoms with van der Waals surface area (Å²) < 4.78 is 1.63. The van der Waals surface area contributed by atoms with Gasteiger partial charge in [0.1, 0.15) is 0 Å². The molecule has 188 valence electrons. The predicted molar refractivity (Wildman–Crippen MR) is 148 cm³/mol. The van der Waals surface area contributed by atoms with Crippen molar-refractivity contribution in [2.75, 3.05) is 13.1 Å². The highest BCUT2D eigenvalue weighted by Crippen LogP contribution is 2.35. The Morgan fingerprint density at radius 3 is 2.39 bits per heavy atom. The third kappa shape index (κ3) is 4.93. The summed E-state index contributed by atoms with van der Waals surface area (Å²) in [5.74, 6) is 0.396. The lowest BCUT2D eigenvalue weighted by atomic mass is 9.95. The Kier molecular flexibility index (Phi) is 7.86. The molecule has 0 bridgehead atoms. The fourth-order valence-corrected chi connectivity index (χ4v) is 4.92. The van der Waals surface area contributed by atoms with Crippen LogP contribution >= 0.6 is 11.6 Å². The van der Waals surface area contributed by atoms with Gasteiger partial charge < -0.3 is 0 Å². The normalized spacial score (nSPS) is 11.8. The standard InChI is InChI=1S/C29H34ClN5O/c1-7-34(8-2)17-20-13-14-31-25(19(5)6)27(20)35-28-21(16-32-29(35)36)15-24(30)26(33-28)23-12-10-9-11-22(23)18(3)4/h9-16,18-19H,7-8,17H2,1-6H3. The molecule has 0 fully saturated rings. The van der Waals surface area contributed by atoms with Crippen LogP contribution in [0.3, 0.4) is 0 Å². The van der Waals surface area contributed by atoms with Gasteiger partial charge in [-0.3, -0.25) is 9.88 Å². The van der Waals surface area contributed by atoms with Crippen LogP contribution in [-0.4, -0.2) is 37.5 Å². The number of benzene rings is 1. The van der Waals surface area contributed by atoms with Gasteiger partial charge in [-0.05, 0) is 48.2 Å². The summed E-state index contributed by atoms with van der Waals surface area (Å²) in [6.07, 6.45) is 3.39. The zero-order valence-electron chi connectivity index (χ0n) is 21.9. The highest BCUT2D eigenvalue weighted by Gasteiger charge is 2.22. The first kappa shape index (κ1) is 26.0. The molecule has 0 aliphatic heterocycles. The summed E-state index contributed by atoms with van der Waals surface area (Å²) in [5, 5.41) is 1.24. The van der Waals surface area contributed by atoms with Gasteiger partial charge in [0.2, 0.25) is 0 Å². The van der Waals surface area contributed by atoms with Gasteiger partial charge in [0.25, 0.3) is 0 Å². The zero-order valence-corrected chi connectivity index (χ0v) is 22.7. The maximum atomic E-state index is 13.4. The summed E-state index contributed by atoms with van der Waals surface area (Å²) in [4.78, 5) is 29.7. The van der Waals surface area contributed by atoms with Gasteiger partial charge in [-0.15, -0.1) is 0 Å². The molecule has 6 nitrogen and oxygen atoms in total. The SMILES string of the molecule is CCN(CC)Cc1ccnc(C(C)C)c1-n1c(=O)ncc2cc(Cl)c(-c3ccccc3C(C)C)nc21. The second-order valence-electron chi connectivity index (χ2n) is 9.67. The molecule has 3 heterocycles. The minimum atomic E-state index is -0.379. The van der Waals surface area contributed by atoms with Gasteiger partial charge >= 0.3 is 5.69 Å². The topological polar surface area (TPSA) is 63.9 Å². The fraction of sp³-hybridized carbons (Fsp3) is 0.379. The number of pyridine rings is 2. The largest absolute Gasteiger partial charge is 0.353 e. The Morgan fingerprint density at radius 1 is 1.00 bits per heavy atom. The molecule has 1 aromatic carbocycles. The fourth-order valence-electron chi connectivity index (χ4n) is 4.66. The number of rotatable bonds is 8. The summed E-state index contributed by atoms with van der Waals surface area (Å²) in [6, 6.07) is 12.0. The molecule has 0 saturated heterocycles. The van der Waals surface area contributed by atoms with Crippen molar-refractivity contribution in [3.05, 3.63) is 81.1 Å². The average Bonchev–Trinajstić information content (AvgIpc) is 2.87. The van der Waals surface area contributed by atoms with Crippen molar-refractivity contribution in [3.8, 4) is 16.9 Å². The Morgan fingerprint density at radius 2 is 1.72 bits per heavy atom. The molecule has 7 heteroatoms. The molecule has 0 amide bonds. The van der Waals surface area contributed by atoms with Crippen LogP contribution in [0.4, 0.5) is 0 Å². The van der Waals surface area contributed by atoms with Crippen LogP contribution in [-0.2, 0) is 6.54 Å². The van der Waals surface area contributed by atoms with E-state index in [1.54, 1.807) is 10.8 Å². The van der Waals surface area contributed by atoms with Crippen molar-refractivity contribution in [1.82, 2.24) is 24.4 Å². The zero-order chi connectivity index (χ0) is 26.0. The van der Waals surface area contributed by atoms with Crippen molar-refractivity contribution >= 4 is 22.6 Å². The Labute approximate surface area is 218 Å². The lowest BCUT2D eigenvalue weighted by Gasteiger charge is -2.23. The summed E-state index contributed by atoms with van der Waals surface area (Å²) >= 11 is 6.78. The molecule has 0 spiro atoms. The first-order chi connectivity index (χ1) is 17.3. The van der Waals surface area contributed by atoms with E-state index in [0.717, 1.165) is 41.2 Å². The van der Waals surface area contributed by atoms with Gasteiger partial charge in [0.05, 0.1) is 22.1 Å². The monoisotopic (exact) mass is 503 g/mol. The molecular weight excluding hydrogens is 470 g/mol. The minimum Gasteiger partial charge on any atom is -0.300 e. The number of fused-ring (bicyclic) bond motifs is 1. The molecule has 0 aliphatic rings. The third-order valence-corrected chi connectivity index (χ3v) is 6.92. The maximum absolute atomic E-state index is 13.4. The van der Waals surface area contributed by atoms with Crippen LogP contribution in [0, 0.1) is 0 Å².